The summed E-state index contributed by atoms with van der Waals surface area (Å²) in [5.41, 5.74) is 3.37. The van der Waals surface area contributed by atoms with Gasteiger partial charge in [-0.15, -0.1) is 0 Å². The fraction of sp³-hybridized carbons (Fsp3) is 0.684. The smallest absolute Gasteiger partial charge is 0.0230 e. The zero-order valence-corrected chi connectivity index (χ0v) is 15.1. The van der Waals surface area contributed by atoms with Gasteiger partial charge in [-0.1, -0.05) is 45.0 Å². The van der Waals surface area contributed by atoms with Crippen molar-refractivity contribution >= 4 is 0 Å². The molecule has 0 radical (unpaired) electrons. The van der Waals surface area contributed by atoms with Crippen molar-refractivity contribution in [3.63, 3.8) is 0 Å². The highest BCUT2D eigenvalue weighted by molar-refractivity contribution is 5.22. The van der Waals surface area contributed by atoms with Crippen LogP contribution in [-0.4, -0.2) is 30.6 Å². The molecule has 0 saturated carbocycles. The Morgan fingerprint density at radius 2 is 1.43 bits per heavy atom. The van der Waals surface area contributed by atoms with E-state index in [0.717, 1.165) is 26.1 Å². The minimum Gasteiger partial charge on any atom is -0.312 e. The topological polar surface area (TPSA) is 15.3 Å². The zero-order valence-electron chi connectivity index (χ0n) is 15.1. The maximum absolute atomic E-state index is 3.53. The van der Waals surface area contributed by atoms with Gasteiger partial charge in [0.05, 0.1) is 0 Å². The summed E-state index contributed by atoms with van der Waals surface area (Å²) in [6.45, 7) is 16.7. The Labute approximate surface area is 131 Å². The summed E-state index contributed by atoms with van der Waals surface area (Å²) in [6.07, 6.45) is 1.09. The van der Waals surface area contributed by atoms with Crippen molar-refractivity contribution in [2.75, 3.05) is 20.1 Å². The first-order valence-electron chi connectivity index (χ1n) is 8.07. The third-order valence-corrected chi connectivity index (χ3v) is 3.29. The average Bonchev–Trinajstić information content (AvgIpc) is 2.27. The van der Waals surface area contributed by atoms with E-state index in [1.165, 1.54) is 11.1 Å². The van der Waals surface area contributed by atoms with Gasteiger partial charge in [0.2, 0.25) is 0 Å². The molecule has 0 aliphatic carbocycles. The van der Waals surface area contributed by atoms with Crippen molar-refractivity contribution in [2.24, 2.45) is 5.41 Å². The molecule has 1 N–H and O–H groups in total. The van der Waals surface area contributed by atoms with E-state index in [4.69, 9.17) is 0 Å². The van der Waals surface area contributed by atoms with E-state index < -0.39 is 0 Å². The van der Waals surface area contributed by atoms with Crippen LogP contribution in [0.5, 0.6) is 0 Å². The molecule has 0 spiro atoms. The molecule has 21 heavy (non-hydrogen) atoms. The SMILES string of the molecule is CN(Cc1ccc(CCNC(C)(C)C)cc1)CC(C)(C)C. The number of nitrogens with zero attached hydrogens (tertiary/aromatic N) is 1. The minimum atomic E-state index is 0.204. The lowest BCUT2D eigenvalue weighted by atomic mass is 9.96. The summed E-state index contributed by atoms with van der Waals surface area (Å²) in [5.74, 6) is 0. The lowest BCUT2D eigenvalue weighted by Gasteiger charge is -2.26. The molecular weight excluding hydrogens is 256 g/mol. The maximum Gasteiger partial charge on any atom is 0.0230 e. The Balaban J connectivity index is 2.43. The Morgan fingerprint density at radius 1 is 0.905 bits per heavy atom. The number of rotatable bonds is 6. The van der Waals surface area contributed by atoms with Crippen LogP contribution in [0, 0.1) is 5.41 Å². The highest BCUT2D eigenvalue weighted by atomic mass is 15.1. The van der Waals surface area contributed by atoms with Gasteiger partial charge < -0.3 is 10.2 Å². The van der Waals surface area contributed by atoms with Crippen LogP contribution >= 0.6 is 0 Å². The molecule has 0 heterocycles. The molecule has 1 aromatic rings. The van der Waals surface area contributed by atoms with Crippen molar-refractivity contribution in [3.8, 4) is 0 Å². The third kappa shape index (κ3) is 8.90. The molecule has 1 aromatic carbocycles. The quantitative estimate of drug-likeness (QED) is 0.848. The van der Waals surface area contributed by atoms with Crippen LogP contribution in [0.3, 0.4) is 0 Å². The van der Waals surface area contributed by atoms with Crippen LogP contribution in [0.15, 0.2) is 24.3 Å². The van der Waals surface area contributed by atoms with Crippen molar-refractivity contribution < 1.29 is 0 Å². The Hall–Kier alpha value is -0.860. The van der Waals surface area contributed by atoms with Gasteiger partial charge >= 0.3 is 0 Å². The Kier molecular flexibility index (Phi) is 6.42. The van der Waals surface area contributed by atoms with Crippen molar-refractivity contribution in [1.82, 2.24) is 10.2 Å². The normalized spacial score (nSPS) is 13.0. The molecule has 2 heteroatoms. The fourth-order valence-corrected chi connectivity index (χ4v) is 2.57. The predicted octanol–water partition coefficient (Wildman–Crippen LogP) is 4.10. The first-order chi connectivity index (χ1) is 9.55. The van der Waals surface area contributed by atoms with Gasteiger partial charge in [0, 0.05) is 18.6 Å². The number of hydrogen-bond acceptors (Lipinski definition) is 2. The standard InChI is InChI=1S/C19H34N2/c1-18(2,3)15-21(7)14-17-10-8-16(9-11-17)12-13-20-19(4,5)6/h8-11,20H,12-15H2,1-7H3. The number of nitrogens with one attached hydrogen (secondary N) is 1. The largest absolute Gasteiger partial charge is 0.312 e. The number of hydrogen-bond donors (Lipinski definition) is 1. The first-order valence-corrected chi connectivity index (χ1v) is 8.07. The lowest BCUT2D eigenvalue weighted by molar-refractivity contribution is 0.221. The molecule has 0 saturated heterocycles. The van der Waals surface area contributed by atoms with Gasteiger partial charge in [-0.25, -0.2) is 0 Å². The molecule has 0 aliphatic rings. The van der Waals surface area contributed by atoms with Crippen molar-refractivity contribution in [1.29, 1.82) is 0 Å². The molecule has 0 amide bonds. The van der Waals surface area contributed by atoms with Gasteiger partial charge in [0.15, 0.2) is 0 Å². The second kappa shape index (κ2) is 7.42. The van der Waals surface area contributed by atoms with Crippen molar-refractivity contribution in [2.45, 2.75) is 60.0 Å². The summed E-state index contributed by atoms with van der Waals surface area (Å²) < 4.78 is 0. The Bertz CT molecular complexity index is 407. The third-order valence-electron chi connectivity index (χ3n) is 3.29. The fourth-order valence-electron chi connectivity index (χ4n) is 2.57. The highest BCUT2D eigenvalue weighted by Gasteiger charge is 2.13. The van der Waals surface area contributed by atoms with Gasteiger partial charge in [-0.2, -0.15) is 0 Å². The second-order valence-corrected chi connectivity index (χ2v) is 8.48. The van der Waals surface area contributed by atoms with Gasteiger partial charge in [-0.3, -0.25) is 0 Å². The van der Waals surface area contributed by atoms with Crippen LogP contribution < -0.4 is 5.32 Å². The minimum absolute atomic E-state index is 0.204. The monoisotopic (exact) mass is 290 g/mol. The molecule has 2 nitrogen and oxygen atoms in total. The second-order valence-electron chi connectivity index (χ2n) is 8.48. The van der Waals surface area contributed by atoms with E-state index in [1.54, 1.807) is 0 Å². The highest BCUT2D eigenvalue weighted by Crippen LogP contribution is 2.16. The first kappa shape index (κ1) is 18.2. The van der Waals surface area contributed by atoms with E-state index >= 15 is 0 Å². The summed E-state index contributed by atoms with van der Waals surface area (Å²) >= 11 is 0. The molecule has 0 unspecified atom stereocenters. The van der Waals surface area contributed by atoms with E-state index in [1.807, 2.05) is 0 Å². The molecule has 0 aromatic heterocycles. The summed E-state index contributed by atoms with van der Waals surface area (Å²) in [5, 5.41) is 3.53. The average molecular weight is 290 g/mol. The molecule has 0 fully saturated rings. The van der Waals surface area contributed by atoms with Gasteiger partial charge in [0.25, 0.3) is 0 Å². The van der Waals surface area contributed by atoms with Crippen LogP contribution in [0.2, 0.25) is 0 Å². The van der Waals surface area contributed by atoms with E-state index in [9.17, 15) is 0 Å². The molecule has 0 aliphatic heterocycles. The number of benzene rings is 1. The summed E-state index contributed by atoms with van der Waals surface area (Å²) in [4.78, 5) is 2.40. The summed E-state index contributed by atoms with van der Waals surface area (Å²) in [7, 11) is 2.20. The molecular formula is C19H34N2. The van der Waals surface area contributed by atoms with Gasteiger partial charge in [-0.05, 0) is 57.3 Å². The molecule has 0 atom stereocenters. The molecule has 0 bridgehead atoms. The van der Waals surface area contributed by atoms with Crippen LogP contribution in [-0.2, 0) is 13.0 Å². The van der Waals surface area contributed by atoms with Gasteiger partial charge in [0.1, 0.15) is 0 Å². The van der Waals surface area contributed by atoms with E-state index in [0.29, 0.717) is 5.41 Å². The molecule has 120 valence electrons. The van der Waals surface area contributed by atoms with E-state index in [2.05, 4.69) is 83.1 Å². The van der Waals surface area contributed by atoms with Crippen LogP contribution in [0.25, 0.3) is 0 Å². The Morgan fingerprint density at radius 3 is 1.90 bits per heavy atom. The molecule has 1 rings (SSSR count). The predicted molar refractivity (Wildman–Crippen MR) is 93.7 cm³/mol. The lowest BCUT2D eigenvalue weighted by Crippen LogP contribution is -2.37. The van der Waals surface area contributed by atoms with Crippen LogP contribution in [0.4, 0.5) is 0 Å². The zero-order chi connectivity index (χ0) is 16.1. The van der Waals surface area contributed by atoms with Crippen LogP contribution in [0.1, 0.15) is 52.7 Å². The van der Waals surface area contributed by atoms with E-state index in [-0.39, 0.29) is 5.54 Å². The van der Waals surface area contributed by atoms with Crippen molar-refractivity contribution in [3.05, 3.63) is 35.4 Å². The maximum atomic E-state index is 3.53. The summed E-state index contributed by atoms with van der Waals surface area (Å²) in [6, 6.07) is 9.08.